The van der Waals surface area contributed by atoms with Crippen molar-refractivity contribution in [2.75, 3.05) is 0 Å². The second kappa shape index (κ2) is 11.4. The van der Waals surface area contributed by atoms with Crippen LogP contribution in [0.4, 0.5) is 0 Å². The van der Waals surface area contributed by atoms with Crippen molar-refractivity contribution in [2.45, 2.75) is 19.3 Å². The average Bonchev–Trinajstić information content (AvgIpc) is 3.43. The first-order valence-corrected chi connectivity index (χ1v) is 17.9. The van der Waals surface area contributed by atoms with E-state index in [9.17, 15) is 0 Å². The van der Waals surface area contributed by atoms with Gasteiger partial charge in [0.05, 0.1) is 0 Å². The first kappa shape index (κ1) is 29.7. The predicted molar refractivity (Wildman–Crippen MR) is 218 cm³/mol. The molecule has 0 aromatic heterocycles. The topological polar surface area (TPSA) is 0 Å². The van der Waals surface area contributed by atoms with E-state index >= 15 is 0 Å². The predicted octanol–water partition coefficient (Wildman–Crippen LogP) is 14.1. The van der Waals surface area contributed by atoms with Gasteiger partial charge in [-0.25, -0.2) is 0 Å². The highest BCUT2D eigenvalue weighted by molar-refractivity contribution is 6.21. The minimum absolute atomic E-state index is 0.0965. The summed E-state index contributed by atoms with van der Waals surface area (Å²) in [5, 5.41) is 7.73. The molecule has 0 bridgehead atoms. The molecule has 51 heavy (non-hydrogen) atoms. The van der Waals surface area contributed by atoms with Gasteiger partial charge in [0.1, 0.15) is 0 Å². The summed E-state index contributed by atoms with van der Waals surface area (Å²) in [6.45, 7) is 4.78. The summed E-state index contributed by atoms with van der Waals surface area (Å²) < 4.78 is 0. The lowest BCUT2D eigenvalue weighted by atomic mass is 9.80. The Morgan fingerprint density at radius 3 is 1.51 bits per heavy atom. The van der Waals surface area contributed by atoms with Crippen molar-refractivity contribution in [3.8, 4) is 55.6 Å². The van der Waals surface area contributed by atoms with Crippen LogP contribution in [-0.2, 0) is 5.41 Å². The molecule has 9 aromatic carbocycles. The largest absolute Gasteiger partial charge is 0.0622 e. The quantitative estimate of drug-likeness (QED) is 0.167. The average molecular weight is 649 g/mol. The summed E-state index contributed by atoms with van der Waals surface area (Å²) in [5.41, 5.74) is 15.5. The van der Waals surface area contributed by atoms with E-state index in [1.807, 2.05) is 0 Å². The SMILES string of the molecule is CC1(C)c2cccc(-c3cccc(-c4c5ccccc5c(-c5ccc(-c6ccccc6)cc5)c5ccccc45)c3)c2-c2ccc3ccccc3c21. The van der Waals surface area contributed by atoms with Crippen molar-refractivity contribution >= 4 is 32.3 Å². The van der Waals surface area contributed by atoms with Gasteiger partial charge in [0.2, 0.25) is 0 Å². The molecule has 0 saturated carbocycles. The third kappa shape index (κ3) is 4.53. The van der Waals surface area contributed by atoms with Crippen molar-refractivity contribution in [2.24, 2.45) is 0 Å². The molecular weight excluding hydrogens is 613 g/mol. The Morgan fingerprint density at radius 1 is 0.314 bits per heavy atom. The van der Waals surface area contributed by atoms with Gasteiger partial charge in [0.25, 0.3) is 0 Å². The molecule has 240 valence electrons. The summed E-state index contributed by atoms with van der Waals surface area (Å²) in [4.78, 5) is 0. The Bertz CT molecular complexity index is 2740. The molecule has 1 aliphatic carbocycles. The van der Waals surface area contributed by atoms with Crippen molar-refractivity contribution in [3.63, 3.8) is 0 Å². The van der Waals surface area contributed by atoms with E-state index < -0.39 is 0 Å². The molecular formula is C51H36. The van der Waals surface area contributed by atoms with Crippen LogP contribution in [0.5, 0.6) is 0 Å². The zero-order valence-corrected chi connectivity index (χ0v) is 28.8. The van der Waals surface area contributed by atoms with Gasteiger partial charge >= 0.3 is 0 Å². The van der Waals surface area contributed by atoms with E-state index in [1.165, 1.54) is 99.1 Å². The first-order chi connectivity index (χ1) is 25.1. The first-order valence-electron chi connectivity index (χ1n) is 17.9. The molecule has 0 saturated heterocycles. The summed E-state index contributed by atoms with van der Waals surface area (Å²) >= 11 is 0. The molecule has 0 radical (unpaired) electrons. The second-order valence-corrected chi connectivity index (χ2v) is 14.4. The summed E-state index contributed by atoms with van der Waals surface area (Å²) in [6, 6.07) is 67.2. The maximum Gasteiger partial charge on any atom is 0.0165 e. The number of rotatable bonds is 4. The van der Waals surface area contributed by atoms with Crippen LogP contribution < -0.4 is 0 Å². The zero-order valence-electron chi connectivity index (χ0n) is 28.8. The van der Waals surface area contributed by atoms with Crippen LogP contribution in [0.1, 0.15) is 25.0 Å². The molecule has 0 nitrogen and oxygen atoms in total. The zero-order chi connectivity index (χ0) is 34.1. The summed E-state index contributed by atoms with van der Waals surface area (Å²) in [6.07, 6.45) is 0. The lowest BCUT2D eigenvalue weighted by Crippen LogP contribution is -2.15. The number of benzene rings is 9. The van der Waals surface area contributed by atoms with Gasteiger partial charge in [-0.2, -0.15) is 0 Å². The van der Waals surface area contributed by atoms with Gasteiger partial charge in [0.15, 0.2) is 0 Å². The minimum atomic E-state index is -0.0965. The second-order valence-electron chi connectivity index (χ2n) is 14.4. The molecule has 0 amide bonds. The van der Waals surface area contributed by atoms with E-state index in [1.54, 1.807) is 0 Å². The van der Waals surface area contributed by atoms with Gasteiger partial charge < -0.3 is 0 Å². The summed E-state index contributed by atoms with van der Waals surface area (Å²) in [5.74, 6) is 0. The highest BCUT2D eigenvalue weighted by atomic mass is 14.4. The van der Waals surface area contributed by atoms with Gasteiger partial charge in [-0.3, -0.25) is 0 Å². The number of fused-ring (bicyclic) bond motifs is 7. The molecule has 0 atom stereocenters. The van der Waals surface area contributed by atoms with E-state index in [0.29, 0.717) is 0 Å². The van der Waals surface area contributed by atoms with Gasteiger partial charge in [0, 0.05) is 5.41 Å². The Balaban J connectivity index is 1.17. The van der Waals surface area contributed by atoms with Crippen molar-refractivity contribution in [3.05, 3.63) is 193 Å². The highest BCUT2D eigenvalue weighted by Gasteiger charge is 2.38. The Hall–Kier alpha value is -6.24. The fourth-order valence-electron chi connectivity index (χ4n) is 8.94. The molecule has 0 N–H and O–H groups in total. The van der Waals surface area contributed by atoms with Crippen LogP contribution in [0.2, 0.25) is 0 Å². The third-order valence-electron chi connectivity index (χ3n) is 11.2. The fourth-order valence-corrected chi connectivity index (χ4v) is 8.94. The molecule has 10 rings (SSSR count). The normalized spacial score (nSPS) is 13.1. The third-order valence-corrected chi connectivity index (χ3v) is 11.2. The maximum atomic E-state index is 2.42. The number of hydrogen-bond donors (Lipinski definition) is 0. The van der Waals surface area contributed by atoms with Gasteiger partial charge in [-0.15, -0.1) is 0 Å². The van der Waals surface area contributed by atoms with E-state index in [2.05, 4.69) is 196 Å². The van der Waals surface area contributed by atoms with E-state index in [0.717, 1.165) is 0 Å². The minimum Gasteiger partial charge on any atom is -0.0622 e. The molecule has 0 unspecified atom stereocenters. The summed E-state index contributed by atoms with van der Waals surface area (Å²) in [7, 11) is 0. The van der Waals surface area contributed by atoms with Crippen LogP contribution in [-0.4, -0.2) is 0 Å². The van der Waals surface area contributed by atoms with Crippen molar-refractivity contribution in [1.82, 2.24) is 0 Å². The molecule has 0 heterocycles. The van der Waals surface area contributed by atoms with Crippen LogP contribution in [0.25, 0.3) is 88.0 Å². The van der Waals surface area contributed by atoms with E-state index in [4.69, 9.17) is 0 Å². The Morgan fingerprint density at radius 2 is 0.824 bits per heavy atom. The smallest absolute Gasteiger partial charge is 0.0165 e. The Kier molecular flexibility index (Phi) is 6.63. The fraction of sp³-hybridized carbons (Fsp3) is 0.0588. The molecule has 0 aliphatic heterocycles. The molecule has 0 fully saturated rings. The number of hydrogen-bond acceptors (Lipinski definition) is 0. The highest BCUT2D eigenvalue weighted by Crippen LogP contribution is 2.54. The molecule has 9 aromatic rings. The van der Waals surface area contributed by atoms with Crippen LogP contribution in [0.3, 0.4) is 0 Å². The monoisotopic (exact) mass is 648 g/mol. The van der Waals surface area contributed by atoms with Crippen LogP contribution in [0.15, 0.2) is 182 Å². The lowest BCUT2D eigenvalue weighted by Gasteiger charge is -2.23. The van der Waals surface area contributed by atoms with E-state index in [-0.39, 0.29) is 5.41 Å². The molecule has 0 spiro atoms. The molecule has 0 heteroatoms. The molecule has 1 aliphatic rings. The standard InChI is InChI=1S/C51H36/c1-51(2)46-25-13-24-39(49(46)45-31-30-35-16-6-7-19-40(35)50(45)51)37-17-12-18-38(32-37)48-43-22-10-8-20-41(43)47(42-21-9-11-23-44(42)48)36-28-26-34(27-29-36)33-14-4-3-5-15-33/h3-32H,1-2H3. The van der Waals surface area contributed by atoms with Gasteiger partial charge in [-0.1, -0.05) is 190 Å². The Labute approximate surface area is 299 Å². The van der Waals surface area contributed by atoms with Crippen molar-refractivity contribution < 1.29 is 0 Å². The van der Waals surface area contributed by atoms with Crippen LogP contribution in [0, 0.1) is 0 Å². The van der Waals surface area contributed by atoms with Crippen molar-refractivity contribution in [1.29, 1.82) is 0 Å². The lowest BCUT2D eigenvalue weighted by molar-refractivity contribution is 0.666. The maximum absolute atomic E-state index is 2.42. The van der Waals surface area contributed by atoms with Crippen LogP contribution >= 0.6 is 0 Å². The van der Waals surface area contributed by atoms with Gasteiger partial charge in [-0.05, 0) is 105 Å².